The average molecular weight is 405 g/mol. The Balaban J connectivity index is 0.00000161. The zero-order chi connectivity index (χ0) is 13.9. The molecule has 8 heteroatoms. The highest BCUT2D eigenvalue weighted by Crippen LogP contribution is 2.30. The largest absolute Gasteiger partial charge is 0.370 e. The number of likely N-dealkylation sites (tertiary alicyclic amines) is 1. The summed E-state index contributed by atoms with van der Waals surface area (Å²) in [6.07, 6.45) is 4.96. The number of tetrazole rings is 1. The van der Waals surface area contributed by atoms with Crippen molar-refractivity contribution in [2.45, 2.75) is 45.7 Å². The standard InChI is InChI=1S/C13H23N7.HI/c1-10-4-6-19(7-5-10)13(14)15-8-12-16-17-18-20(12)9-11-2-3-11;/h10-11H,2-9H2,1H3,(H2,14,15);1H. The molecular formula is C13H24IN7. The molecule has 21 heavy (non-hydrogen) atoms. The van der Waals surface area contributed by atoms with Crippen molar-refractivity contribution in [1.29, 1.82) is 0 Å². The third-order valence-electron chi connectivity index (χ3n) is 4.22. The van der Waals surface area contributed by atoms with Crippen molar-refractivity contribution >= 4 is 29.9 Å². The molecule has 7 nitrogen and oxygen atoms in total. The molecule has 3 rings (SSSR count). The fraction of sp³-hybridized carbons (Fsp3) is 0.846. The fourth-order valence-corrected chi connectivity index (χ4v) is 2.51. The molecule has 0 atom stereocenters. The third kappa shape index (κ3) is 4.52. The van der Waals surface area contributed by atoms with Crippen LogP contribution in [0.1, 0.15) is 38.4 Å². The summed E-state index contributed by atoms with van der Waals surface area (Å²) < 4.78 is 1.87. The Labute approximate surface area is 142 Å². The van der Waals surface area contributed by atoms with Gasteiger partial charge in [-0.1, -0.05) is 6.92 Å². The van der Waals surface area contributed by atoms with Crippen LogP contribution in [0.3, 0.4) is 0 Å². The normalized spacial score (nSPS) is 20.4. The second kappa shape index (κ2) is 7.37. The number of guanidine groups is 1. The summed E-state index contributed by atoms with van der Waals surface area (Å²) in [6.45, 7) is 5.68. The van der Waals surface area contributed by atoms with Gasteiger partial charge in [-0.05, 0) is 47.9 Å². The minimum atomic E-state index is 0. The first-order valence-corrected chi connectivity index (χ1v) is 7.52. The van der Waals surface area contributed by atoms with Crippen LogP contribution >= 0.6 is 24.0 Å². The molecule has 0 bridgehead atoms. The average Bonchev–Trinajstić information content (AvgIpc) is 3.15. The highest BCUT2D eigenvalue weighted by molar-refractivity contribution is 14.0. The zero-order valence-corrected chi connectivity index (χ0v) is 14.8. The highest BCUT2D eigenvalue weighted by Gasteiger charge is 2.23. The van der Waals surface area contributed by atoms with Gasteiger partial charge in [-0.15, -0.1) is 29.1 Å². The Hall–Kier alpha value is -0.930. The van der Waals surface area contributed by atoms with Crippen LogP contribution in [-0.4, -0.2) is 44.2 Å². The number of nitrogens with two attached hydrogens (primary N) is 1. The maximum absolute atomic E-state index is 6.07. The van der Waals surface area contributed by atoms with Crippen molar-refractivity contribution in [3.8, 4) is 0 Å². The molecule has 0 amide bonds. The van der Waals surface area contributed by atoms with Crippen LogP contribution in [0.15, 0.2) is 4.99 Å². The molecule has 2 aliphatic rings. The smallest absolute Gasteiger partial charge is 0.191 e. The molecule has 118 valence electrons. The molecule has 1 aliphatic carbocycles. The van der Waals surface area contributed by atoms with Crippen LogP contribution in [-0.2, 0) is 13.1 Å². The van der Waals surface area contributed by atoms with Gasteiger partial charge in [-0.25, -0.2) is 9.67 Å². The fourth-order valence-electron chi connectivity index (χ4n) is 2.51. The first kappa shape index (κ1) is 16.4. The van der Waals surface area contributed by atoms with Crippen LogP contribution < -0.4 is 5.73 Å². The Kier molecular flexibility index (Phi) is 5.77. The van der Waals surface area contributed by atoms with E-state index in [1.807, 2.05) is 4.68 Å². The molecule has 2 heterocycles. The van der Waals surface area contributed by atoms with E-state index >= 15 is 0 Å². The van der Waals surface area contributed by atoms with Crippen LogP contribution in [0.25, 0.3) is 0 Å². The molecule has 0 spiro atoms. The second-order valence-electron chi connectivity index (χ2n) is 6.06. The Morgan fingerprint density at radius 3 is 2.67 bits per heavy atom. The van der Waals surface area contributed by atoms with Gasteiger partial charge in [0.2, 0.25) is 0 Å². The maximum atomic E-state index is 6.07. The van der Waals surface area contributed by atoms with Gasteiger partial charge in [0, 0.05) is 19.6 Å². The predicted octanol–water partition coefficient (Wildman–Crippen LogP) is 1.25. The van der Waals surface area contributed by atoms with E-state index in [4.69, 9.17) is 5.73 Å². The number of aliphatic imine (C=N–C) groups is 1. The lowest BCUT2D eigenvalue weighted by molar-refractivity contribution is 0.277. The number of halogens is 1. The highest BCUT2D eigenvalue weighted by atomic mass is 127. The molecule has 1 saturated heterocycles. The summed E-state index contributed by atoms with van der Waals surface area (Å²) in [4.78, 5) is 6.62. The summed E-state index contributed by atoms with van der Waals surface area (Å²) >= 11 is 0. The van der Waals surface area contributed by atoms with Crippen molar-refractivity contribution in [2.75, 3.05) is 13.1 Å². The topological polar surface area (TPSA) is 85.2 Å². The van der Waals surface area contributed by atoms with E-state index in [0.29, 0.717) is 12.5 Å². The molecular weight excluding hydrogens is 381 g/mol. The van der Waals surface area contributed by atoms with Crippen molar-refractivity contribution < 1.29 is 0 Å². The van der Waals surface area contributed by atoms with Crippen LogP contribution in [0.2, 0.25) is 0 Å². The summed E-state index contributed by atoms with van der Waals surface area (Å²) in [6, 6.07) is 0. The van der Waals surface area contributed by atoms with E-state index in [1.54, 1.807) is 0 Å². The van der Waals surface area contributed by atoms with Gasteiger partial charge in [0.25, 0.3) is 0 Å². The molecule has 0 unspecified atom stereocenters. The molecule has 2 N–H and O–H groups in total. The lowest BCUT2D eigenvalue weighted by atomic mass is 10.00. The molecule has 1 saturated carbocycles. The van der Waals surface area contributed by atoms with E-state index < -0.39 is 0 Å². The van der Waals surface area contributed by atoms with Crippen molar-refractivity contribution in [3.05, 3.63) is 5.82 Å². The maximum Gasteiger partial charge on any atom is 0.191 e. The number of hydrogen-bond acceptors (Lipinski definition) is 4. The Bertz CT molecular complexity index is 475. The number of piperidine rings is 1. The summed E-state index contributed by atoms with van der Waals surface area (Å²) in [5.74, 6) is 2.98. The molecule has 1 aromatic heterocycles. The van der Waals surface area contributed by atoms with Gasteiger partial charge in [-0.3, -0.25) is 0 Å². The van der Waals surface area contributed by atoms with Crippen LogP contribution in [0.5, 0.6) is 0 Å². The lowest BCUT2D eigenvalue weighted by Crippen LogP contribution is -2.42. The quantitative estimate of drug-likeness (QED) is 0.463. The van der Waals surface area contributed by atoms with E-state index in [2.05, 4.69) is 32.3 Å². The van der Waals surface area contributed by atoms with E-state index in [0.717, 1.165) is 37.3 Å². The zero-order valence-electron chi connectivity index (χ0n) is 12.5. The number of hydrogen-bond donors (Lipinski definition) is 1. The minimum Gasteiger partial charge on any atom is -0.370 e. The van der Waals surface area contributed by atoms with Gasteiger partial charge in [0.1, 0.15) is 6.54 Å². The predicted molar refractivity (Wildman–Crippen MR) is 91.3 cm³/mol. The third-order valence-corrected chi connectivity index (χ3v) is 4.22. The van der Waals surface area contributed by atoms with E-state index in [-0.39, 0.29) is 24.0 Å². The Morgan fingerprint density at radius 1 is 1.29 bits per heavy atom. The van der Waals surface area contributed by atoms with Crippen LogP contribution in [0.4, 0.5) is 0 Å². The van der Waals surface area contributed by atoms with Crippen LogP contribution in [0, 0.1) is 11.8 Å². The lowest BCUT2D eigenvalue weighted by Gasteiger charge is -2.30. The van der Waals surface area contributed by atoms with Gasteiger partial charge in [0.15, 0.2) is 11.8 Å². The summed E-state index contributed by atoms with van der Waals surface area (Å²) in [5.41, 5.74) is 6.07. The minimum absolute atomic E-state index is 0. The van der Waals surface area contributed by atoms with Crippen molar-refractivity contribution in [1.82, 2.24) is 25.1 Å². The van der Waals surface area contributed by atoms with E-state index in [9.17, 15) is 0 Å². The second-order valence-corrected chi connectivity index (χ2v) is 6.06. The van der Waals surface area contributed by atoms with Gasteiger partial charge < -0.3 is 10.6 Å². The summed E-state index contributed by atoms with van der Waals surface area (Å²) in [7, 11) is 0. The SMILES string of the molecule is CC1CCN(C(N)=NCc2nnnn2CC2CC2)CC1.I. The van der Waals surface area contributed by atoms with E-state index in [1.165, 1.54) is 25.7 Å². The van der Waals surface area contributed by atoms with Gasteiger partial charge in [0.05, 0.1) is 0 Å². The van der Waals surface area contributed by atoms with Crippen molar-refractivity contribution in [2.24, 2.45) is 22.6 Å². The monoisotopic (exact) mass is 405 g/mol. The van der Waals surface area contributed by atoms with Gasteiger partial charge in [-0.2, -0.15) is 0 Å². The molecule has 1 aromatic rings. The first-order valence-electron chi connectivity index (χ1n) is 7.52. The van der Waals surface area contributed by atoms with Crippen molar-refractivity contribution in [3.63, 3.8) is 0 Å². The number of aromatic nitrogens is 4. The number of nitrogens with zero attached hydrogens (tertiary/aromatic N) is 6. The number of rotatable bonds is 4. The summed E-state index contributed by atoms with van der Waals surface area (Å²) in [5, 5.41) is 11.8. The van der Waals surface area contributed by atoms with Gasteiger partial charge >= 0.3 is 0 Å². The molecule has 0 aromatic carbocycles. The molecule has 2 fully saturated rings. The molecule has 1 aliphatic heterocycles. The molecule has 0 radical (unpaired) electrons. The first-order chi connectivity index (χ1) is 9.72. The Morgan fingerprint density at radius 2 is 2.00 bits per heavy atom.